The van der Waals surface area contributed by atoms with Crippen LogP contribution in [-0.2, 0) is 11.0 Å². The SMILES string of the molecule is CC(C)[C@H](NC(=O)C1CCN(c2ccc(C(F)(F)F)c[nH+]2)CC1)c1cccs1. The van der Waals surface area contributed by atoms with Gasteiger partial charge in [-0.05, 0) is 36.3 Å². The minimum Gasteiger partial charge on any atom is -0.348 e. The largest absolute Gasteiger partial charge is 0.419 e. The number of rotatable bonds is 5. The maximum atomic E-state index is 12.7. The molecule has 2 aromatic heterocycles. The molecular weight excluding hydrogens is 387 g/mol. The third-order valence-corrected chi connectivity index (χ3v) is 6.10. The minimum absolute atomic E-state index is 0.00813. The van der Waals surface area contributed by atoms with Gasteiger partial charge in [0, 0.05) is 16.9 Å². The van der Waals surface area contributed by atoms with E-state index in [4.69, 9.17) is 0 Å². The van der Waals surface area contributed by atoms with E-state index in [0.29, 0.717) is 37.7 Å². The van der Waals surface area contributed by atoms with Gasteiger partial charge in [0.1, 0.15) is 6.20 Å². The molecule has 0 radical (unpaired) electrons. The molecule has 4 nitrogen and oxygen atoms in total. The molecule has 1 atom stereocenters. The van der Waals surface area contributed by atoms with Crippen molar-refractivity contribution in [3.8, 4) is 0 Å². The van der Waals surface area contributed by atoms with Gasteiger partial charge in [0.2, 0.25) is 5.91 Å². The first kappa shape index (κ1) is 20.6. The lowest BCUT2D eigenvalue weighted by Gasteiger charge is -2.29. The predicted molar refractivity (Wildman–Crippen MR) is 103 cm³/mol. The summed E-state index contributed by atoms with van der Waals surface area (Å²) in [5.74, 6) is 0.921. The second-order valence-corrected chi connectivity index (χ2v) is 8.45. The number of H-pyrrole nitrogens is 1. The molecule has 0 aliphatic carbocycles. The number of hydrogen-bond acceptors (Lipinski definition) is 3. The highest BCUT2D eigenvalue weighted by Crippen LogP contribution is 2.30. The van der Waals surface area contributed by atoms with Crippen molar-refractivity contribution in [1.82, 2.24) is 5.32 Å². The topological polar surface area (TPSA) is 46.5 Å². The van der Waals surface area contributed by atoms with Gasteiger partial charge in [-0.2, -0.15) is 13.2 Å². The Balaban J connectivity index is 1.56. The quantitative estimate of drug-likeness (QED) is 0.796. The van der Waals surface area contributed by atoms with Gasteiger partial charge in [0.05, 0.1) is 24.7 Å². The summed E-state index contributed by atoms with van der Waals surface area (Å²) in [4.78, 5) is 18.6. The zero-order valence-electron chi connectivity index (χ0n) is 15.9. The monoisotopic (exact) mass is 412 g/mol. The molecule has 2 N–H and O–H groups in total. The molecule has 3 rings (SSSR count). The molecule has 152 valence electrons. The van der Waals surface area contributed by atoms with Gasteiger partial charge in [0.15, 0.2) is 0 Å². The summed E-state index contributed by atoms with van der Waals surface area (Å²) >= 11 is 1.64. The maximum Gasteiger partial charge on any atom is 0.419 e. The Morgan fingerprint density at radius 1 is 1.25 bits per heavy atom. The summed E-state index contributed by atoms with van der Waals surface area (Å²) < 4.78 is 38.1. The van der Waals surface area contributed by atoms with E-state index >= 15 is 0 Å². The van der Waals surface area contributed by atoms with Crippen LogP contribution in [0.25, 0.3) is 0 Å². The number of pyridine rings is 1. The van der Waals surface area contributed by atoms with Gasteiger partial charge in [-0.1, -0.05) is 19.9 Å². The van der Waals surface area contributed by atoms with Crippen LogP contribution in [0.5, 0.6) is 0 Å². The van der Waals surface area contributed by atoms with E-state index in [1.807, 2.05) is 22.4 Å². The van der Waals surface area contributed by atoms with Crippen molar-refractivity contribution in [2.75, 3.05) is 18.0 Å². The summed E-state index contributed by atoms with van der Waals surface area (Å²) in [5, 5.41) is 5.20. The fourth-order valence-electron chi connectivity index (χ4n) is 3.48. The van der Waals surface area contributed by atoms with Gasteiger partial charge in [-0.15, -0.1) is 11.3 Å². The first-order valence-corrected chi connectivity index (χ1v) is 10.3. The number of anilines is 1. The van der Waals surface area contributed by atoms with Crippen molar-refractivity contribution >= 4 is 23.1 Å². The molecule has 0 aromatic carbocycles. The third kappa shape index (κ3) is 4.84. The Kier molecular flexibility index (Phi) is 6.27. The van der Waals surface area contributed by atoms with Gasteiger partial charge < -0.3 is 5.32 Å². The van der Waals surface area contributed by atoms with Crippen molar-refractivity contribution in [2.24, 2.45) is 11.8 Å². The smallest absolute Gasteiger partial charge is 0.348 e. The molecule has 0 bridgehead atoms. The zero-order valence-corrected chi connectivity index (χ0v) is 16.7. The number of carbonyl (C=O) groups is 1. The lowest BCUT2D eigenvalue weighted by Crippen LogP contribution is -2.43. The number of nitrogens with one attached hydrogen (secondary N) is 2. The fourth-order valence-corrected chi connectivity index (χ4v) is 4.43. The molecule has 8 heteroatoms. The van der Waals surface area contributed by atoms with Crippen LogP contribution < -0.4 is 15.2 Å². The molecule has 3 heterocycles. The number of piperidine rings is 1. The lowest BCUT2D eigenvalue weighted by molar-refractivity contribution is -0.367. The first-order valence-electron chi connectivity index (χ1n) is 9.43. The normalized spacial score (nSPS) is 17.0. The summed E-state index contributed by atoms with van der Waals surface area (Å²) in [5.41, 5.74) is -0.696. The number of hydrogen-bond donors (Lipinski definition) is 1. The third-order valence-electron chi connectivity index (χ3n) is 5.14. The van der Waals surface area contributed by atoms with Crippen molar-refractivity contribution in [3.63, 3.8) is 0 Å². The second-order valence-electron chi connectivity index (χ2n) is 7.47. The van der Waals surface area contributed by atoms with Crippen molar-refractivity contribution in [1.29, 1.82) is 0 Å². The van der Waals surface area contributed by atoms with Crippen LogP contribution in [0.2, 0.25) is 0 Å². The summed E-state index contributed by atoms with van der Waals surface area (Å²) in [7, 11) is 0. The van der Waals surface area contributed by atoms with Crippen molar-refractivity contribution in [2.45, 2.75) is 38.9 Å². The highest BCUT2D eigenvalue weighted by atomic mass is 32.1. The summed E-state index contributed by atoms with van der Waals surface area (Å²) in [6.45, 7) is 5.44. The second kappa shape index (κ2) is 8.51. The van der Waals surface area contributed by atoms with E-state index in [1.165, 1.54) is 6.07 Å². The Hall–Kier alpha value is -2.09. The van der Waals surface area contributed by atoms with Crippen molar-refractivity contribution < 1.29 is 22.9 Å². The molecule has 1 aliphatic heterocycles. The van der Waals surface area contributed by atoms with Crippen LogP contribution >= 0.6 is 11.3 Å². The Bertz CT molecular complexity index is 767. The molecule has 0 saturated carbocycles. The molecular formula is C20H25F3N3OS+. The number of amides is 1. The standard InChI is InChI=1S/C20H24F3N3OS/c1-13(2)18(16-4-3-11-28-16)25-19(27)14-7-9-26(10-8-14)17-6-5-15(12-24-17)20(21,22)23/h3-6,11-14,18H,7-10H2,1-2H3,(H,25,27)/p+1/t18-/m0/s1. The maximum absolute atomic E-state index is 12.7. The molecule has 2 aromatic rings. The van der Waals surface area contributed by atoms with Gasteiger partial charge >= 0.3 is 6.18 Å². The Morgan fingerprint density at radius 2 is 1.96 bits per heavy atom. The van der Waals surface area contributed by atoms with E-state index < -0.39 is 11.7 Å². The Morgan fingerprint density at radius 3 is 2.46 bits per heavy atom. The molecule has 0 unspecified atom stereocenters. The van der Waals surface area contributed by atoms with Crippen LogP contribution in [0.3, 0.4) is 0 Å². The average Bonchev–Trinajstić information content (AvgIpc) is 3.19. The fraction of sp³-hybridized carbons (Fsp3) is 0.500. The summed E-state index contributed by atoms with van der Waals surface area (Å²) in [6.07, 6.45) is -2.01. The van der Waals surface area contributed by atoms with Gasteiger partial charge in [-0.25, -0.2) is 4.98 Å². The van der Waals surface area contributed by atoms with Crippen LogP contribution in [0.1, 0.15) is 43.2 Å². The molecule has 28 heavy (non-hydrogen) atoms. The first-order chi connectivity index (χ1) is 13.3. The predicted octanol–water partition coefficient (Wildman–Crippen LogP) is 4.31. The number of carbonyl (C=O) groups excluding carboxylic acids is 1. The number of aromatic amines is 1. The van der Waals surface area contributed by atoms with Gasteiger partial charge in [-0.3, -0.25) is 9.69 Å². The molecule has 1 aliphatic rings. The van der Waals surface area contributed by atoms with E-state index in [1.54, 1.807) is 11.3 Å². The molecule has 0 spiro atoms. The average molecular weight is 413 g/mol. The highest BCUT2D eigenvalue weighted by Gasteiger charge is 2.34. The number of nitrogens with zero attached hydrogens (tertiary/aromatic N) is 1. The van der Waals surface area contributed by atoms with Crippen molar-refractivity contribution in [3.05, 3.63) is 46.3 Å². The van der Waals surface area contributed by atoms with Crippen LogP contribution in [0.4, 0.5) is 19.0 Å². The molecule has 1 saturated heterocycles. The number of alkyl halides is 3. The van der Waals surface area contributed by atoms with Crippen LogP contribution in [0.15, 0.2) is 35.8 Å². The number of halogens is 3. The number of aromatic nitrogens is 1. The zero-order chi connectivity index (χ0) is 20.3. The van der Waals surface area contributed by atoms with E-state index in [0.717, 1.165) is 17.1 Å². The number of thiophene rings is 1. The molecule has 1 fully saturated rings. The highest BCUT2D eigenvalue weighted by molar-refractivity contribution is 7.10. The van der Waals surface area contributed by atoms with E-state index in [2.05, 4.69) is 24.1 Å². The minimum atomic E-state index is -4.35. The van der Waals surface area contributed by atoms with E-state index in [9.17, 15) is 18.0 Å². The Labute approximate surface area is 166 Å². The van der Waals surface area contributed by atoms with E-state index in [-0.39, 0.29) is 17.9 Å². The lowest BCUT2D eigenvalue weighted by atomic mass is 9.94. The molecule has 1 amide bonds. The summed E-state index contributed by atoms with van der Waals surface area (Å²) in [6, 6.07) is 6.57. The van der Waals surface area contributed by atoms with Crippen LogP contribution in [0, 0.1) is 11.8 Å². The van der Waals surface area contributed by atoms with Crippen LogP contribution in [-0.4, -0.2) is 19.0 Å². The van der Waals surface area contributed by atoms with Gasteiger partial charge in [0.25, 0.3) is 5.82 Å².